The molecule has 4 heteroatoms. The molecule has 1 saturated carbocycles. The van der Waals surface area contributed by atoms with Crippen molar-refractivity contribution in [2.45, 2.75) is 38.1 Å². The summed E-state index contributed by atoms with van der Waals surface area (Å²) in [6.45, 7) is 0. The number of hydrogen-bond acceptors (Lipinski definition) is 4. The minimum atomic E-state index is 0.317. The predicted octanol–water partition coefficient (Wildman–Crippen LogP) is 3.16. The highest BCUT2D eigenvalue weighted by Crippen LogP contribution is 2.21. The predicted molar refractivity (Wildman–Crippen MR) is 67.8 cm³/mol. The van der Waals surface area contributed by atoms with Crippen LogP contribution >= 0.6 is 0 Å². The third-order valence-electron chi connectivity index (χ3n) is 2.94. The SMILES string of the molecule is OO.Oc1ccccc1C=NC1CCCCC1. The van der Waals surface area contributed by atoms with Crippen molar-refractivity contribution in [3.8, 4) is 5.75 Å². The minimum Gasteiger partial charge on any atom is -0.507 e. The van der Waals surface area contributed by atoms with Crippen LogP contribution in [0.25, 0.3) is 0 Å². The van der Waals surface area contributed by atoms with Gasteiger partial charge in [-0.1, -0.05) is 31.4 Å². The lowest BCUT2D eigenvalue weighted by Crippen LogP contribution is -2.09. The molecule has 94 valence electrons. The summed E-state index contributed by atoms with van der Waals surface area (Å²) in [7, 11) is 0. The summed E-state index contributed by atoms with van der Waals surface area (Å²) in [5.74, 6) is 0.317. The Bertz CT molecular complexity index is 346. The summed E-state index contributed by atoms with van der Waals surface area (Å²) in [4.78, 5) is 4.53. The first kappa shape index (κ1) is 13.7. The fourth-order valence-electron chi connectivity index (χ4n) is 2.01. The highest BCUT2D eigenvalue weighted by Gasteiger charge is 2.10. The van der Waals surface area contributed by atoms with Crippen LogP contribution in [0.4, 0.5) is 0 Å². The van der Waals surface area contributed by atoms with E-state index in [1.165, 1.54) is 32.1 Å². The molecule has 0 heterocycles. The summed E-state index contributed by atoms with van der Waals surface area (Å²) < 4.78 is 0. The molecule has 17 heavy (non-hydrogen) atoms. The minimum absolute atomic E-state index is 0.317. The Hall–Kier alpha value is -1.39. The number of rotatable bonds is 2. The summed E-state index contributed by atoms with van der Waals surface area (Å²) in [5, 5.41) is 21.5. The molecule has 0 aromatic heterocycles. The van der Waals surface area contributed by atoms with Gasteiger partial charge in [-0.25, -0.2) is 0 Å². The molecule has 0 unspecified atom stereocenters. The molecule has 3 N–H and O–H groups in total. The lowest BCUT2D eigenvalue weighted by molar-refractivity contribution is -0.176. The number of hydrogen-bond donors (Lipinski definition) is 3. The molecule has 1 aliphatic carbocycles. The standard InChI is InChI=1S/C13H17NO.H2O2/c15-13-9-5-4-6-11(13)10-14-12-7-2-1-3-8-12;1-2/h4-6,9-10,12,15H,1-3,7-8H2;1-2H. The molecular formula is C13H19NO3. The molecule has 1 aromatic carbocycles. The molecule has 0 bridgehead atoms. The Balaban J connectivity index is 0.000000686. The van der Waals surface area contributed by atoms with Gasteiger partial charge in [-0.15, -0.1) is 0 Å². The maximum Gasteiger partial charge on any atom is 0.124 e. The Morgan fingerprint density at radius 3 is 2.35 bits per heavy atom. The topological polar surface area (TPSA) is 73.0 Å². The van der Waals surface area contributed by atoms with Crippen LogP contribution in [0.3, 0.4) is 0 Å². The zero-order chi connectivity index (χ0) is 12.5. The molecule has 0 amide bonds. The van der Waals surface area contributed by atoms with Gasteiger partial charge >= 0.3 is 0 Å². The van der Waals surface area contributed by atoms with Crippen molar-refractivity contribution in [2.24, 2.45) is 4.99 Å². The van der Waals surface area contributed by atoms with E-state index in [9.17, 15) is 5.11 Å². The summed E-state index contributed by atoms with van der Waals surface area (Å²) in [5.41, 5.74) is 0.822. The highest BCUT2D eigenvalue weighted by molar-refractivity contribution is 5.83. The largest absolute Gasteiger partial charge is 0.507 e. The smallest absolute Gasteiger partial charge is 0.124 e. The van der Waals surface area contributed by atoms with Gasteiger partial charge in [-0.05, 0) is 25.0 Å². The Morgan fingerprint density at radius 2 is 1.71 bits per heavy atom. The van der Waals surface area contributed by atoms with Gasteiger partial charge in [0.15, 0.2) is 0 Å². The van der Waals surface area contributed by atoms with Gasteiger partial charge in [-0.2, -0.15) is 0 Å². The van der Waals surface area contributed by atoms with Gasteiger partial charge in [0.1, 0.15) is 5.75 Å². The normalized spacial score (nSPS) is 16.6. The quantitative estimate of drug-likeness (QED) is 0.420. The van der Waals surface area contributed by atoms with Crippen LogP contribution in [0.2, 0.25) is 0 Å². The van der Waals surface area contributed by atoms with E-state index in [2.05, 4.69) is 4.99 Å². The highest BCUT2D eigenvalue weighted by atomic mass is 17.0. The van der Waals surface area contributed by atoms with Gasteiger partial charge in [0, 0.05) is 17.8 Å². The van der Waals surface area contributed by atoms with E-state index in [-0.39, 0.29) is 0 Å². The molecule has 0 atom stereocenters. The van der Waals surface area contributed by atoms with E-state index < -0.39 is 0 Å². The van der Waals surface area contributed by atoms with Crippen molar-refractivity contribution in [3.05, 3.63) is 29.8 Å². The number of aromatic hydroxyl groups is 1. The lowest BCUT2D eigenvalue weighted by Gasteiger charge is -2.17. The Morgan fingerprint density at radius 1 is 1.06 bits per heavy atom. The van der Waals surface area contributed by atoms with E-state index in [1.54, 1.807) is 6.07 Å². The molecule has 2 rings (SSSR count). The summed E-state index contributed by atoms with van der Waals surface area (Å²) in [6, 6.07) is 7.80. The molecule has 0 aliphatic heterocycles. The molecule has 0 radical (unpaired) electrons. The maximum absolute atomic E-state index is 9.55. The number of nitrogens with zero attached hydrogens (tertiary/aromatic N) is 1. The molecule has 0 saturated heterocycles. The van der Waals surface area contributed by atoms with Crippen LogP contribution in [0.15, 0.2) is 29.3 Å². The molecule has 1 aromatic rings. The monoisotopic (exact) mass is 237 g/mol. The van der Waals surface area contributed by atoms with Crippen LogP contribution in [0.5, 0.6) is 5.75 Å². The lowest BCUT2D eigenvalue weighted by atomic mass is 9.96. The fraction of sp³-hybridized carbons (Fsp3) is 0.462. The zero-order valence-corrected chi connectivity index (χ0v) is 9.79. The Kier molecular flexibility index (Phi) is 6.29. The third kappa shape index (κ3) is 4.54. The zero-order valence-electron chi connectivity index (χ0n) is 9.79. The first-order valence-corrected chi connectivity index (χ1v) is 5.87. The second-order valence-electron chi connectivity index (χ2n) is 4.13. The Labute approximate surface area is 101 Å². The second-order valence-corrected chi connectivity index (χ2v) is 4.13. The van der Waals surface area contributed by atoms with Gasteiger partial charge in [0.25, 0.3) is 0 Å². The van der Waals surface area contributed by atoms with Crippen molar-refractivity contribution < 1.29 is 15.6 Å². The molecule has 0 spiro atoms. The van der Waals surface area contributed by atoms with Gasteiger partial charge in [0.05, 0.1) is 0 Å². The second kappa shape index (κ2) is 7.81. The van der Waals surface area contributed by atoms with Crippen molar-refractivity contribution in [2.75, 3.05) is 0 Å². The average Bonchev–Trinajstić information content (AvgIpc) is 2.41. The molecular weight excluding hydrogens is 218 g/mol. The maximum atomic E-state index is 9.55. The van der Waals surface area contributed by atoms with Crippen molar-refractivity contribution in [1.29, 1.82) is 0 Å². The first-order chi connectivity index (χ1) is 8.36. The number of aliphatic imine (C=N–C) groups is 1. The van der Waals surface area contributed by atoms with E-state index in [4.69, 9.17) is 10.5 Å². The van der Waals surface area contributed by atoms with Gasteiger partial charge < -0.3 is 5.11 Å². The van der Waals surface area contributed by atoms with Crippen LogP contribution < -0.4 is 0 Å². The van der Waals surface area contributed by atoms with Crippen molar-refractivity contribution >= 4 is 6.21 Å². The number of phenols is 1. The first-order valence-electron chi connectivity index (χ1n) is 5.87. The number of para-hydroxylation sites is 1. The average molecular weight is 237 g/mol. The fourth-order valence-corrected chi connectivity index (χ4v) is 2.01. The van der Waals surface area contributed by atoms with E-state index >= 15 is 0 Å². The van der Waals surface area contributed by atoms with Gasteiger partial charge in [-0.3, -0.25) is 15.5 Å². The molecule has 4 nitrogen and oxygen atoms in total. The third-order valence-corrected chi connectivity index (χ3v) is 2.94. The number of phenolic OH excluding ortho intramolecular Hbond substituents is 1. The van der Waals surface area contributed by atoms with Crippen LogP contribution in [-0.2, 0) is 0 Å². The van der Waals surface area contributed by atoms with Crippen molar-refractivity contribution in [1.82, 2.24) is 0 Å². The van der Waals surface area contributed by atoms with Crippen LogP contribution in [-0.4, -0.2) is 27.9 Å². The van der Waals surface area contributed by atoms with Crippen LogP contribution in [0.1, 0.15) is 37.7 Å². The molecule has 1 fully saturated rings. The van der Waals surface area contributed by atoms with E-state index in [0.717, 1.165) is 5.56 Å². The summed E-state index contributed by atoms with van der Waals surface area (Å²) >= 11 is 0. The summed E-state index contributed by atoms with van der Waals surface area (Å²) in [6.07, 6.45) is 8.15. The van der Waals surface area contributed by atoms with E-state index in [1.807, 2.05) is 24.4 Å². The van der Waals surface area contributed by atoms with Crippen molar-refractivity contribution in [3.63, 3.8) is 0 Å². The van der Waals surface area contributed by atoms with E-state index in [0.29, 0.717) is 11.8 Å². The number of benzene rings is 1. The van der Waals surface area contributed by atoms with Crippen LogP contribution in [0, 0.1) is 0 Å². The van der Waals surface area contributed by atoms with Gasteiger partial charge in [0.2, 0.25) is 0 Å². The molecule has 1 aliphatic rings.